The molecular weight excluding hydrogens is 1050 g/mol. The summed E-state index contributed by atoms with van der Waals surface area (Å²) in [5, 5.41) is 38.1. The first-order chi connectivity index (χ1) is 37.0. The summed E-state index contributed by atoms with van der Waals surface area (Å²) < 4.78 is 11.4. The van der Waals surface area contributed by atoms with Gasteiger partial charge in [-0.15, -0.1) is 0 Å². The van der Waals surface area contributed by atoms with Crippen molar-refractivity contribution in [3.63, 3.8) is 0 Å². The minimum Gasteiger partial charge on any atom is -0.511 e. The van der Waals surface area contributed by atoms with Gasteiger partial charge in [0.05, 0.1) is 16.4 Å². The smallest absolute Gasteiger partial charge is 0.342 e. The third-order valence-electron chi connectivity index (χ3n) is 17.3. The van der Waals surface area contributed by atoms with Gasteiger partial charge < -0.3 is 30.1 Å². The molecule has 0 radical (unpaired) electrons. The number of benzene rings is 6. The minimum atomic E-state index is -0.792. The van der Waals surface area contributed by atoms with Crippen molar-refractivity contribution < 1.29 is 39.2 Å². The van der Waals surface area contributed by atoms with Crippen LogP contribution in [0.2, 0.25) is 15.1 Å². The molecule has 3 aliphatic heterocycles. The predicted molar refractivity (Wildman–Crippen MR) is 320 cm³/mol. The fourth-order valence-electron chi connectivity index (χ4n) is 10.5. The van der Waals surface area contributed by atoms with Crippen LogP contribution in [0.5, 0.6) is 0 Å². The van der Waals surface area contributed by atoms with E-state index in [1.54, 1.807) is 0 Å². The third kappa shape index (κ3) is 11.2. The van der Waals surface area contributed by atoms with E-state index in [2.05, 4.69) is 5.32 Å². The zero-order valence-corrected chi connectivity index (χ0v) is 49.3. The fraction of sp³-hybridized carbons (Fsp3) is 0.328. The van der Waals surface area contributed by atoms with E-state index in [-0.39, 0.29) is 34.9 Å². The molecule has 0 bridgehead atoms. The summed E-state index contributed by atoms with van der Waals surface area (Å²) in [5.41, 5.74) is 8.60. The number of hydrogen-bond donors (Lipinski definition) is 4. The molecule has 0 saturated heterocycles. The number of carbonyl (C=O) groups excluding carboxylic acids is 3. The molecular formula is C67H70Cl3NO8. The largest absolute Gasteiger partial charge is 0.511 e. The van der Waals surface area contributed by atoms with Crippen LogP contribution in [0.4, 0.5) is 0 Å². The Kier molecular flexibility index (Phi) is 16.3. The number of hydrogen-bond acceptors (Lipinski definition) is 8. The van der Waals surface area contributed by atoms with Crippen molar-refractivity contribution in [1.82, 2.24) is 5.32 Å². The van der Waals surface area contributed by atoms with Crippen LogP contribution in [0.3, 0.4) is 0 Å². The number of halogens is 3. The number of aryl methyl sites for hydroxylation is 3. The summed E-state index contributed by atoms with van der Waals surface area (Å²) in [5.74, 6) is -0.794. The van der Waals surface area contributed by atoms with Crippen molar-refractivity contribution in [2.24, 2.45) is 16.2 Å². The van der Waals surface area contributed by atoms with Gasteiger partial charge >= 0.3 is 11.9 Å². The molecule has 12 heteroatoms. The Labute approximate surface area is 480 Å². The molecule has 4 N–H and O–H groups in total. The molecule has 0 spiro atoms. The molecule has 10 rings (SSSR count). The van der Waals surface area contributed by atoms with Crippen LogP contribution in [-0.2, 0) is 23.9 Å². The Morgan fingerprint density at radius 3 is 1.25 bits per heavy atom. The van der Waals surface area contributed by atoms with Gasteiger partial charge in [-0.3, -0.25) is 4.79 Å². The summed E-state index contributed by atoms with van der Waals surface area (Å²) in [7, 11) is 0. The van der Waals surface area contributed by atoms with E-state index in [9.17, 15) is 29.7 Å². The lowest BCUT2D eigenvalue weighted by Crippen LogP contribution is -2.58. The lowest BCUT2D eigenvalue weighted by Gasteiger charge is -2.46. The summed E-state index contributed by atoms with van der Waals surface area (Å²) in [4.78, 5) is 38.3. The number of esters is 2. The highest BCUT2D eigenvalue weighted by Gasteiger charge is 2.52. The van der Waals surface area contributed by atoms with Crippen LogP contribution >= 0.6 is 34.8 Å². The number of fused-ring (bicyclic) bond motifs is 1. The number of cyclic esters (lactones) is 1. The van der Waals surface area contributed by atoms with E-state index in [1.807, 2.05) is 210 Å². The first-order valence-electron chi connectivity index (χ1n) is 26.7. The maximum Gasteiger partial charge on any atom is 0.342 e. The predicted octanol–water partition coefficient (Wildman–Crippen LogP) is 17.6. The zero-order valence-electron chi connectivity index (χ0n) is 47.0. The van der Waals surface area contributed by atoms with Gasteiger partial charge in [0.2, 0.25) is 0 Å². The normalized spacial score (nSPS) is 20.8. The van der Waals surface area contributed by atoms with Gasteiger partial charge in [-0.1, -0.05) is 128 Å². The standard InChI is InChI=1S/C23H23ClO3.C22H24ClNO2.C22H23ClO3/c1-14-6-7-16(15-8-10-17(24)11-9-15)13-18(14)20-21(25)23(2)12-4-3-5-19(23)27-22(20)26;1-13-6-7-15(14-8-10-16(23)11-9-14)12-17(13)18-19(25)21(2,3)22(4,5)24-20(18)26;1-13-6-7-15(14-8-10-16(23)11-9-14)12-17(13)18-19(24)21(2,3)22(4,5)26-20(18)25/h6-11,13,19,25H,3-5,12H2,1-2H3;6-12,25H,1-5H3,(H,24,26);6-12,24H,1-5H3. The van der Waals surface area contributed by atoms with Crippen LogP contribution < -0.4 is 5.32 Å². The van der Waals surface area contributed by atoms with Gasteiger partial charge in [0.15, 0.2) is 0 Å². The van der Waals surface area contributed by atoms with Gasteiger partial charge in [-0.2, -0.15) is 0 Å². The topological polar surface area (TPSA) is 142 Å². The monoisotopic (exact) mass is 1120 g/mol. The number of nitrogens with one attached hydrogen (secondary N) is 1. The van der Waals surface area contributed by atoms with Crippen molar-refractivity contribution in [1.29, 1.82) is 0 Å². The number of amides is 1. The molecule has 2 unspecified atom stereocenters. The van der Waals surface area contributed by atoms with Gasteiger partial charge in [-0.25, -0.2) is 9.59 Å². The fourth-order valence-corrected chi connectivity index (χ4v) is 10.9. The van der Waals surface area contributed by atoms with Gasteiger partial charge in [0, 0.05) is 26.0 Å². The molecule has 0 aromatic heterocycles. The molecule has 1 saturated carbocycles. The Morgan fingerprint density at radius 2 is 0.835 bits per heavy atom. The Bertz CT molecular complexity index is 3320. The zero-order chi connectivity index (χ0) is 57.7. The first-order valence-corrected chi connectivity index (χ1v) is 27.8. The van der Waals surface area contributed by atoms with Crippen molar-refractivity contribution in [2.75, 3.05) is 0 Å². The van der Waals surface area contributed by atoms with Crippen molar-refractivity contribution in [3.05, 3.63) is 193 Å². The van der Waals surface area contributed by atoms with E-state index < -0.39 is 39.3 Å². The number of carbonyl (C=O) groups is 3. The molecule has 6 aromatic rings. The average Bonchev–Trinajstić information content (AvgIpc) is 3.60. The summed E-state index contributed by atoms with van der Waals surface area (Å²) in [6, 6.07) is 40.4. The maximum atomic E-state index is 12.8. The number of aliphatic hydroxyl groups is 3. The van der Waals surface area contributed by atoms with E-state index in [1.165, 1.54) is 0 Å². The average molecular weight is 1120 g/mol. The van der Waals surface area contributed by atoms with Crippen LogP contribution in [0.15, 0.2) is 145 Å². The lowest BCUT2D eigenvalue weighted by atomic mass is 9.68. The van der Waals surface area contributed by atoms with Crippen molar-refractivity contribution in [3.8, 4) is 33.4 Å². The third-order valence-corrected chi connectivity index (χ3v) is 18.1. The molecule has 1 aliphatic carbocycles. The Hall–Kier alpha value is -6.78. The Morgan fingerprint density at radius 1 is 0.468 bits per heavy atom. The first kappa shape index (κ1) is 58.4. The molecule has 1 amide bonds. The second-order valence-electron chi connectivity index (χ2n) is 23.6. The number of aliphatic hydroxyl groups excluding tert-OH is 3. The highest BCUT2D eigenvalue weighted by Crippen LogP contribution is 2.51. The van der Waals surface area contributed by atoms with Crippen molar-refractivity contribution >= 4 is 69.4 Å². The summed E-state index contributed by atoms with van der Waals surface area (Å²) in [6.07, 6.45) is 3.47. The number of rotatable bonds is 6. The maximum absolute atomic E-state index is 12.8. The second kappa shape index (κ2) is 22.0. The Balaban J connectivity index is 0.000000156. The van der Waals surface area contributed by atoms with Crippen LogP contribution in [0.25, 0.3) is 50.1 Å². The van der Waals surface area contributed by atoms with Crippen LogP contribution in [-0.4, -0.2) is 50.4 Å². The molecule has 79 heavy (non-hydrogen) atoms. The van der Waals surface area contributed by atoms with Crippen LogP contribution in [0.1, 0.15) is 121 Å². The molecule has 9 nitrogen and oxygen atoms in total. The minimum absolute atomic E-state index is 0.0649. The van der Waals surface area contributed by atoms with E-state index >= 15 is 0 Å². The SMILES string of the molecule is Cc1ccc(-c2ccc(Cl)cc2)cc1C1=C(O)C(C)(C)C(C)(C)NC1=O.Cc1ccc(-c2ccc(Cl)cc2)cc1C1=C(O)C(C)(C)C(C)(C)OC1=O.Cc1ccc(-c2ccc(Cl)cc2)cc1C1=C(O)C2(C)CCCCC2OC1=O. The van der Waals surface area contributed by atoms with Gasteiger partial charge in [-0.05, 0) is 210 Å². The summed E-state index contributed by atoms with van der Waals surface area (Å²) >= 11 is 17.9. The highest BCUT2D eigenvalue weighted by atomic mass is 35.5. The lowest BCUT2D eigenvalue weighted by molar-refractivity contribution is -0.164. The quantitative estimate of drug-likeness (QED) is 0.121. The molecule has 6 aromatic carbocycles. The van der Waals surface area contributed by atoms with Crippen LogP contribution in [0, 0.1) is 37.0 Å². The molecule has 412 valence electrons. The molecule has 1 fully saturated rings. The second-order valence-corrected chi connectivity index (χ2v) is 24.9. The van der Waals surface area contributed by atoms with E-state index in [4.69, 9.17) is 44.3 Å². The van der Waals surface area contributed by atoms with Gasteiger partial charge in [0.1, 0.15) is 40.1 Å². The van der Waals surface area contributed by atoms with E-state index in [0.29, 0.717) is 31.8 Å². The summed E-state index contributed by atoms with van der Waals surface area (Å²) in [6.45, 7) is 23.0. The molecule has 3 heterocycles. The number of ether oxygens (including phenoxy) is 2. The van der Waals surface area contributed by atoms with Gasteiger partial charge in [0.25, 0.3) is 5.91 Å². The molecule has 2 atom stereocenters. The highest BCUT2D eigenvalue weighted by molar-refractivity contribution is 6.31. The molecule has 4 aliphatic rings. The van der Waals surface area contributed by atoms with E-state index in [0.717, 1.165) is 86.9 Å². The van der Waals surface area contributed by atoms with Crippen molar-refractivity contribution in [2.45, 2.75) is 126 Å².